The minimum absolute atomic E-state index is 0. The first-order valence-corrected chi connectivity index (χ1v) is 3.80. The van der Waals surface area contributed by atoms with E-state index in [0.29, 0.717) is 0 Å². The second kappa shape index (κ2) is 9.84. The van der Waals surface area contributed by atoms with E-state index in [1.54, 1.807) is 0 Å². The van der Waals surface area contributed by atoms with E-state index in [2.05, 4.69) is 0 Å². The molecule has 0 aliphatic rings. The fraction of sp³-hybridized carbons (Fsp3) is 1.00. The fourth-order valence-electron chi connectivity index (χ4n) is 0.0577. The van der Waals surface area contributed by atoms with E-state index in [9.17, 15) is 0 Å². The molecule has 0 radical (unpaired) electrons. The third kappa shape index (κ3) is 45.3. The average Bonchev–Trinajstić information content (AvgIpc) is 1.83. The van der Waals surface area contributed by atoms with Gasteiger partial charge in [0.25, 0.3) is 0 Å². The Kier molecular flexibility index (Phi) is 15.2. The molecule has 12 heavy (non-hydrogen) atoms. The molecule has 72 valence electrons. The Labute approximate surface area is 93.4 Å². The van der Waals surface area contributed by atoms with E-state index >= 15 is 0 Å². The molecule has 0 fully saturated rings. The molecule has 0 aromatic rings. The van der Waals surface area contributed by atoms with E-state index in [0.717, 1.165) is 0 Å². The maximum absolute atomic E-state index is 8.74. The average molecular weight is 214 g/mol. The summed E-state index contributed by atoms with van der Waals surface area (Å²) in [5, 5.41) is 24.0. The summed E-state index contributed by atoms with van der Waals surface area (Å²) in [6.45, 7) is -0.729. The zero-order valence-electron chi connectivity index (χ0n) is 7.45. The van der Waals surface area contributed by atoms with Crippen LogP contribution in [0, 0.1) is 0 Å². The summed E-state index contributed by atoms with van der Waals surface area (Å²) in [5.74, 6) is 0. The van der Waals surface area contributed by atoms with Crippen LogP contribution in [0.15, 0.2) is 0 Å². The molecule has 0 spiro atoms. The molecule has 0 saturated heterocycles. The van der Waals surface area contributed by atoms with Crippen LogP contribution in [0.1, 0.15) is 1.43 Å². The standard InChI is InChI=1S/C3H8O3.Na.H2O4S.H/c4-1-3(6)2-5;;1-5(2,3)4;/h3-6H,1-2H2;;(H2,1,2,3,4);/q;+1;;-1. The van der Waals surface area contributed by atoms with Gasteiger partial charge in [-0.3, -0.25) is 9.11 Å². The molecule has 0 atom stereocenters. The number of hydrogen-bond acceptors (Lipinski definition) is 5. The second-order valence-electron chi connectivity index (χ2n) is 1.47. The maximum atomic E-state index is 8.74. The first kappa shape index (κ1) is 18.5. The summed E-state index contributed by atoms with van der Waals surface area (Å²) in [5.41, 5.74) is 0. The van der Waals surface area contributed by atoms with Crippen molar-refractivity contribution in [2.45, 2.75) is 6.10 Å². The van der Waals surface area contributed by atoms with Crippen LogP contribution >= 0.6 is 0 Å². The molecule has 5 N–H and O–H groups in total. The van der Waals surface area contributed by atoms with Gasteiger partial charge in [-0.15, -0.1) is 0 Å². The maximum Gasteiger partial charge on any atom is 1.00 e. The third-order valence-corrected chi connectivity index (χ3v) is 0.421. The molecule has 0 rings (SSSR count). The third-order valence-electron chi connectivity index (χ3n) is 0.421. The Morgan fingerprint density at radius 1 is 1.17 bits per heavy atom. The summed E-state index contributed by atoms with van der Waals surface area (Å²) in [7, 11) is -4.67. The van der Waals surface area contributed by atoms with E-state index < -0.39 is 16.5 Å². The van der Waals surface area contributed by atoms with Gasteiger partial charge in [0.1, 0.15) is 6.10 Å². The normalized spacial score (nSPS) is 9.83. The molecule has 0 saturated carbocycles. The zero-order valence-corrected chi connectivity index (χ0v) is 9.27. The fourth-order valence-corrected chi connectivity index (χ4v) is 0.0577. The Morgan fingerprint density at radius 3 is 1.33 bits per heavy atom. The van der Waals surface area contributed by atoms with Crippen LogP contribution in [0.2, 0.25) is 0 Å². The molecular weight excluding hydrogens is 203 g/mol. The predicted octanol–water partition coefficient (Wildman–Crippen LogP) is -5.20. The number of aliphatic hydroxyl groups is 3. The Bertz CT molecular complexity index is 159. The van der Waals surface area contributed by atoms with Gasteiger partial charge >= 0.3 is 40.0 Å². The van der Waals surface area contributed by atoms with Gasteiger partial charge < -0.3 is 16.7 Å². The molecule has 0 aromatic carbocycles. The molecular formula is C3H11NaO7S. The van der Waals surface area contributed by atoms with Crippen LogP contribution < -0.4 is 29.6 Å². The first-order valence-electron chi connectivity index (χ1n) is 2.41. The van der Waals surface area contributed by atoms with Crippen LogP contribution in [0.3, 0.4) is 0 Å². The van der Waals surface area contributed by atoms with Crippen molar-refractivity contribution in [2.24, 2.45) is 0 Å². The number of hydrogen-bond donors (Lipinski definition) is 5. The van der Waals surface area contributed by atoms with E-state index in [4.69, 9.17) is 32.8 Å². The summed E-state index contributed by atoms with van der Waals surface area (Å²) in [6.07, 6.45) is -0.954. The van der Waals surface area contributed by atoms with Crippen molar-refractivity contribution in [3.05, 3.63) is 0 Å². The molecule has 0 aromatic heterocycles. The molecule has 0 amide bonds. The predicted molar refractivity (Wildman–Crippen MR) is 35.5 cm³/mol. The van der Waals surface area contributed by atoms with Crippen LogP contribution in [0.5, 0.6) is 0 Å². The largest absolute Gasteiger partial charge is 1.00 e. The Hall–Kier alpha value is 0.750. The molecule has 0 unspecified atom stereocenters. The van der Waals surface area contributed by atoms with Gasteiger partial charge in [0.15, 0.2) is 0 Å². The van der Waals surface area contributed by atoms with Crippen molar-refractivity contribution >= 4 is 10.4 Å². The Balaban J connectivity index is -0.0000000546. The van der Waals surface area contributed by atoms with Crippen molar-refractivity contribution in [1.82, 2.24) is 0 Å². The smallest absolute Gasteiger partial charge is 1.00 e. The summed E-state index contributed by atoms with van der Waals surface area (Å²) in [6, 6.07) is 0. The molecule has 0 bridgehead atoms. The first-order chi connectivity index (χ1) is 4.81. The van der Waals surface area contributed by atoms with Crippen LogP contribution in [0.4, 0.5) is 0 Å². The summed E-state index contributed by atoms with van der Waals surface area (Å²) >= 11 is 0. The number of rotatable bonds is 2. The van der Waals surface area contributed by atoms with E-state index in [-0.39, 0.29) is 44.2 Å². The minimum atomic E-state index is -4.67. The quantitative estimate of drug-likeness (QED) is 0.229. The molecule has 9 heteroatoms. The van der Waals surface area contributed by atoms with Gasteiger partial charge in [0, 0.05) is 0 Å². The van der Waals surface area contributed by atoms with Crippen molar-refractivity contribution in [2.75, 3.05) is 13.2 Å². The molecule has 0 aliphatic carbocycles. The van der Waals surface area contributed by atoms with Gasteiger partial charge in [0.2, 0.25) is 0 Å². The van der Waals surface area contributed by atoms with Crippen molar-refractivity contribution in [1.29, 1.82) is 0 Å². The van der Waals surface area contributed by atoms with Gasteiger partial charge in [-0.1, -0.05) is 0 Å². The zero-order chi connectivity index (χ0) is 9.49. The van der Waals surface area contributed by atoms with E-state index in [1.165, 1.54) is 0 Å². The minimum Gasteiger partial charge on any atom is -1.00 e. The topological polar surface area (TPSA) is 135 Å². The van der Waals surface area contributed by atoms with E-state index in [1.807, 2.05) is 0 Å². The monoisotopic (exact) mass is 214 g/mol. The molecule has 0 heterocycles. The summed E-state index contributed by atoms with van der Waals surface area (Å²) in [4.78, 5) is 0. The van der Waals surface area contributed by atoms with Gasteiger partial charge in [0.05, 0.1) is 13.2 Å². The van der Waals surface area contributed by atoms with Crippen LogP contribution in [-0.4, -0.2) is 52.2 Å². The van der Waals surface area contributed by atoms with Gasteiger partial charge in [-0.05, 0) is 0 Å². The Morgan fingerprint density at radius 2 is 1.33 bits per heavy atom. The van der Waals surface area contributed by atoms with Crippen molar-refractivity contribution in [3.63, 3.8) is 0 Å². The summed E-state index contributed by atoms with van der Waals surface area (Å²) < 4.78 is 31.6. The van der Waals surface area contributed by atoms with Crippen LogP contribution in [0.25, 0.3) is 0 Å². The van der Waals surface area contributed by atoms with Gasteiger partial charge in [-0.2, -0.15) is 8.42 Å². The molecule has 7 nitrogen and oxygen atoms in total. The van der Waals surface area contributed by atoms with Crippen molar-refractivity contribution < 1.29 is 63.8 Å². The number of aliphatic hydroxyl groups excluding tert-OH is 3. The van der Waals surface area contributed by atoms with Crippen molar-refractivity contribution in [3.8, 4) is 0 Å². The van der Waals surface area contributed by atoms with Crippen LogP contribution in [-0.2, 0) is 10.4 Å². The second-order valence-corrected chi connectivity index (χ2v) is 2.36. The SMILES string of the molecule is O=S(=O)(O)O.OCC(O)CO.[H-].[Na+]. The molecule has 0 aliphatic heterocycles. The van der Waals surface area contributed by atoms with Gasteiger partial charge in [-0.25, -0.2) is 0 Å².